The number of carboxylic acid groups (broad SMARTS) is 1. The van der Waals surface area contributed by atoms with Crippen LogP contribution in [-0.4, -0.2) is 49.6 Å². The van der Waals surface area contributed by atoms with Crippen molar-refractivity contribution in [2.24, 2.45) is 0 Å². The smallest absolute Gasteiger partial charge is 0.337 e. The summed E-state index contributed by atoms with van der Waals surface area (Å²) >= 11 is 5.82. The molecule has 1 aliphatic heterocycles. The second-order valence-corrected chi connectivity index (χ2v) is 6.78. The summed E-state index contributed by atoms with van der Waals surface area (Å²) in [6, 6.07) is 3.35. The first-order valence-electron chi connectivity index (χ1n) is 5.96. The Labute approximate surface area is 122 Å². The molecule has 1 aromatic carbocycles. The van der Waals surface area contributed by atoms with Crippen LogP contribution in [0.5, 0.6) is 0 Å². The summed E-state index contributed by atoms with van der Waals surface area (Å²) in [5, 5.41) is 8.79. The second-order valence-electron chi connectivity index (χ2n) is 4.49. The normalized spacial score (nSPS) is 20.8. The molecule has 0 radical (unpaired) electrons. The van der Waals surface area contributed by atoms with Crippen LogP contribution in [0.4, 0.5) is 0 Å². The number of carbonyl (C=O) groups is 1. The Morgan fingerprint density at radius 2 is 2.20 bits per heavy atom. The molecule has 0 saturated carbocycles. The van der Waals surface area contributed by atoms with Crippen LogP contribution in [0.2, 0.25) is 5.02 Å². The number of benzene rings is 1. The van der Waals surface area contributed by atoms with Crippen molar-refractivity contribution in [1.29, 1.82) is 0 Å². The lowest BCUT2D eigenvalue weighted by molar-refractivity contribution is 0.0393. The highest BCUT2D eigenvalue weighted by Crippen LogP contribution is 2.25. The highest BCUT2D eigenvalue weighted by atomic mass is 35.5. The molecule has 6 nitrogen and oxygen atoms in total. The summed E-state index contributed by atoms with van der Waals surface area (Å²) in [6.07, 6.45) is 0. The zero-order chi connectivity index (χ0) is 14.9. The third kappa shape index (κ3) is 2.80. The first kappa shape index (κ1) is 15.2. The van der Waals surface area contributed by atoms with E-state index in [1.54, 1.807) is 6.92 Å². The second kappa shape index (κ2) is 5.69. The predicted octanol–water partition coefficient (Wildman–Crippen LogP) is 1.45. The molecule has 0 bridgehead atoms. The molecule has 1 aliphatic rings. The molecule has 8 heteroatoms. The summed E-state index contributed by atoms with van der Waals surface area (Å²) in [5.74, 6) is -1.20. The summed E-state index contributed by atoms with van der Waals surface area (Å²) in [5.41, 5.74) is -0.124. The molecule has 0 amide bonds. The van der Waals surface area contributed by atoms with Gasteiger partial charge >= 0.3 is 5.97 Å². The van der Waals surface area contributed by atoms with E-state index < -0.39 is 16.0 Å². The van der Waals surface area contributed by atoms with Gasteiger partial charge in [-0.05, 0) is 25.1 Å². The zero-order valence-electron chi connectivity index (χ0n) is 10.7. The van der Waals surface area contributed by atoms with Gasteiger partial charge in [0.1, 0.15) is 0 Å². The van der Waals surface area contributed by atoms with Crippen LogP contribution in [0.25, 0.3) is 0 Å². The Kier molecular flexibility index (Phi) is 4.33. The third-order valence-corrected chi connectivity index (χ3v) is 5.41. The van der Waals surface area contributed by atoms with Crippen LogP contribution < -0.4 is 0 Å². The van der Waals surface area contributed by atoms with Gasteiger partial charge in [-0.3, -0.25) is 0 Å². The van der Waals surface area contributed by atoms with E-state index in [9.17, 15) is 13.2 Å². The quantitative estimate of drug-likeness (QED) is 0.911. The molecule has 0 aromatic heterocycles. The Hall–Kier alpha value is -1.15. The average Bonchev–Trinajstić information content (AvgIpc) is 2.38. The SMILES string of the molecule is CC1COCCN1S(=O)(=O)c1ccc(C(=O)O)c(Cl)c1. The maximum atomic E-state index is 12.5. The molecule has 110 valence electrons. The average molecular weight is 320 g/mol. The van der Waals surface area contributed by atoms with Crippen molar-refractivity contribution >= 4 is 27.6 Å². The summed E-state index contributed by atoms with van der Waals surface area (Å²) < 4.78 is 31.5. The number of aromatic carboxylic acids is 1. The van der Waals surface area contributed by atoms with E-state index in [0.29, 0.717) is 13.2 Å². The number of hydrogen-bond donors (Lipinski definition) is 1. The molecule has 1 unspecified atom stereocenters. The number of hydrogen-bond acceptors (Lipinski definition) is 4. The first-order chi connectivity index (χ1) is 9.34. The van der Waals surface area contributed by atoms with Crippen LogP contribution in [0, 0.1) is 0 Å². The van der Waals surface area contributed by atoms with E-state index in [1.165, 1.54) is 22.5 Å². The van der Waals surface area contributed by atoms with Gasteiger partial charge in [-0.25, -0.2) is 13.2 Å². The minimum Gasteiger partial charge on any atom is -0.478 e. The summed E-state index contributed by atoms with van der Waals surface area (Å²) in [4.78, 5) is 10.9. The van der Waals surface area contributed by atoms with Crippen LogP contribution in [0.1, 0.15) is 17.3 Å². The van der Waals surface area contributed by atoms with Crippen molar-refractivity contribution in [1.82, 2.24) is 4.31 Å². The molecular formula is C12H14ClNO5S. The number of halogens is 1. The van der Waals surface area contributed by atoms with Gasteiger partial charge in [-0.2, -0.15) is 4.31 Å². The lowest BCUT2D eigenvalue weighted by Gasteiger charge is -2.32. The van der Waals surface area contributed by atoms with Crippen molar-refractivity contribution in [3.8, 4) is 0 Å². The van der Waals surface area contributed by atoms with Gasteiger partial charge in [0.2, 0.25) is 10.0 Å². The molecule has 1 aromatic rings. The molecule has 0 spiro atoms. The van der Waals surface area contributed by atoms with Crippen LogP contribution in [-0.2, 0) is 14.8 Å². The van der Waals surface area contributed by atoms with E-state index >= 15 is 0 Å². The molecule has 1 atom stereocenters. The van der Waals surface area contributed by atoms with Crippen LogP contribution in [0.15, 0.2) is 23.1 Å². The highest BCUT2D eigenvalue weighted by molar-refractivity contribution is 7.89. The van der Waals surface area contributed by atoms with Crippen molar-refractivity contribution in [2.45, 2.75) is 17.9 Å². The van der Waals surface area contributed by atoms with E-state index in [0.717, 1.165) is 0 Å². The number of morpholine rings is 1. The molecule has 1 heterocycles. The Balaban J connectivity index is 2.39. The zero-order valence-corrected chi connectivity index (χ0v) is 12.3. The highest BCUT2D eigenvalue weighted by Gasteiger charge is 2.32. The van der Waals surface area contributed by atoms with E-state index in [1.807, 2.05) is 0 Å². The van der Waals surface area contributed by atoms with Crippen LogP contribution in [0.3, 0.4) is 0 Å². The molecule has 0 aliphatic carbocycles. The van der Waals surface area contributed by atoms with Crippen LogP contribution >= 0.6 is 11.6 Å². The topological polar surface area (TPSA) is 83.9 Å². The fraction of sp³-hybridized carbons (Fsp3) is 0.417. The maximum Gasteiger partial charge on any atom is 0.337 e. The standard InChI is InChI=1S/C12H14ClNO5S/c1-8-7-19-5-4-14(8)20(17,18)9-2-3-10(12(15)16)11(13)6-9/h2-3,6,8H,4-5,7H2,1H3,(H,15,16). The van der Waals surface area contributed by atoms with Gasteiger partial charge in [0.15, 0.2) is 0 Å². The fourth-order valence-corrected chi connectivity index (χ4v) is 3.99. The third-order valence-electron chi connectivity index (χ3n) is 3.08. The number of ether oxygens (including phenoxy) is 1. The van der Waals surface area contributed by atoms with Gasteiger partial charge < -0.3 is 9.84 Å². The fourth-order valence-electron chi connectivity index (χ4n) is 2.03. The molecular weight excluding hydrogens is 306 g/mol. The number of rotatable bonds is 3. The van der Waals surface area contributed by atoms with Gasteiger partial charge in [0.25, 0.3) is 0 Å². The first-order valence-corrected chi connectivity index (χ1v) is 7.78. The van der Waals surface area contributed by atoms with Crippen molar-refractivity contribution in [3.63, 3.8) is 0 Å². The molecule has 1 saturated heterocycles. The molecule has 1 fully saturated rings. The maximum absolute atomic E-state index is 12.5. The van der Waals surface area contributed by atoms with E-state index in [4.69, 9.17) is 21.4 Å². The Morgan fingerprint density at radius 1 is 1.50 bits per heavy atom. The lowest BCUT2D eigenvalue weighted by Crippen LogP contribution is -2.46. The largest absolute Gasteiger partial charge is 0.478 e. The van der Waals surface area contributed by atoms with Gasteiger partial charge in [0, 0.05) is 12.6 Å². The molecule has 1 N–H and O–H groups in total. The van der Waals surface area contributed by atoms with Crippen molar-refractivity contribution < 1.29 is 23.1 Å². The van der Waals surface area contributed by atoms with Gasteiger partial charge in [-0.15, -0.1) is 0 Å². The minimum atomic E-state index is -3.70. The monoisotopic (exact) mass is 319 g/mol. The lowest BCUT2D eigenvalue weighted by atomic mass is 10.2. The minimum absolute atomic E-state index is 0.0127. The van der Waals surface area contributed by atoms with Crippen molar-refractivity contribution in [3.05, 3.63) is 28.8 Å². The summed E-state index contributed by atoms with van der Waals surface area (Å²) in [6.45, 7) is 2.69. The molecule has 2 rings (SSSR count). The van der Waals surface area contributed by atoms with E-state index in [-0.39, 0.29) is 28.1 Å². The van der Waals surface area contributed by atoms with Crippen molar-refractivity contribution in [2.75, 3.05) is 19.8 Å². The Bertz CT molecular complexity index is 631. The predicted molar refractivity (Wildman–Crippen MR) is 72.6 cm³/mol. The van der Waals surface area contributed by atoms with Gasteiger partial charge in [0.05, 0.1) is 28.7 Å². The number of nitrogens with zero attached hydrogens (tertiary/aromatic N) is 1. The Morgan fingerprint density at radius 3 is 2.75 bits per heavy atom. The van der Waals surface area contributed by atoms with Gasteiger partial charge in [-0.1, -0.05) is 11.6 Å². The number of carboxylic acids is 1. The summed E-state index contributed by atoms with van der Waals surface area (Å²) in [7, 11) is -3.70. The number of sulfonamides is 1. The van der Waals surface area contributed by atoms with E-state index in [2.05, 4.69) is 0 Å². The molecule has 20 heavy (non-hydrogen) atoms.